The normalized spacial score (nSPS) is 26.4. The van der Waals surface area contributed by atoms with E-state index in [1.54, 1.807) is 0 Å². The van der Waals surface area contributed by atoms with Gasteiger partial charge in [0.1, 0.15) is 5.82 Å². The van der Waals surface area contributed by atoms with Gasteiger partial charge >= 0.3 is 0 Å². The highest BCUT2D eigenvalue weighted by Gasteiger charge is 2.12. The van der Waals surface area contributed by atoms with Crippen LogP contribution in [0.15, 0.2) is 47.5 Å². The molecule has 1 aliphatic heterocycles. The minimum atomic E-state index is 0.513. The Morgan fingerprint density at radius 2 is 2.25 bits per heavy atom. The number of rotatable bonds is 0. The highest BCUT2D eigenvalue weighted by Crippen LogP contribution is 2.24. The molecule has 0 amide bonds. The smallest absolute Gasteiger partial charge is 0.108 e. The highest BCUT2D eigenvalue weighted by atomic mass is 15.0. The zero-order valence-corrected chi connectivity index (χ0v) is 7.04. The second-order valence-electron chi connectivity index (χ2n) is 3.15. The van der Waals surface area contributed by atoms with Crippen LogP contribution in [0.2, 0.25) is 0 Å². The van der Waals surface area contributed by atoms with E-state index in [1.165, 1.54) is 5.57 Å². The maximum Gasteiger partial charge on any atom is 0.108 e. The second kappa shape index (κ2) is 2.55. The summed E-state index contributed by atoms with van der Waals surface area (Å²) < 4.78 is 0. The van der Waals surface area contributed by atoms with Gasteiger partial charge in [0.05, 0.1) is 0 Å². The van der Waals surface area contributed by atoms with Crippen LogP contribution < -0.4 is 11.1 Å². The van der Waals surface area contributed by atoms with Gasteiger partial charge in [-0.3, -0.25) is 0 Å². The summed E-state index contributed by atoms with van der Waals surface area (Å²) in [6.07, 6.45) is 10.3. The fourth-order valence-electron chi connectivity index (χ4n) is 1.46. The first-order valence-corrected chi connectivity index (χ1v) is 4.10. The molecule has 2 rings (SSSR count). The maximum absolute atomic E-state index is 5.76. The molecule has 0 aromatic carbocycles. The number of nitrogens with two attached hydrogens (primary N) is 1. The molecule has 0 aromatic rings. The average molecular weight is 160 g/mol. The van der Waals surface area contributed by atoms with E-state index in [0.717, 1.165) is 11.4 Å². The van der Waals surface area contributed by atoms with E-state index in [0.29, 0.717) is 5.92 Å². The Labute approximate surface area is 72.1 Å². The molecule has 1 unspecified atom stereocenters. The predicted octanol–water partition coefficient (Wildman–Crippen LogP) is 1.41. The van der Waals surface area contributed by atoms with Crippen LogP contribution in [-0.4, -0.2) is 0 Å². The lowest BCUT2D eigenvalue weighted by molar-refractivity contribution is 0.898. The molecule has 0 saturated heterocycles. The third-order valence-corrected chi connectivity index (χ3v) is 2.11. The maximum atomic E-state index is 5.76. The molecule has 0 radical (unpaired) electrons. The van der Waals surface area contributed by atoms with E-state index in [2.05, 4.69) is 30.5 Å². The van der Waals surface area contributed by atoms with Crippen molar-refractivity contribution in [2.45, 2.75) is 6.92 Å². The standard InChI is InChI=1S/C10H12N2/c1-7-2-3-9-8(6-7)4-5-12-10(9)11/h2-7,12H,11H2,1H3. The van der Waals surface area contributed by atoms with Gasteiger partial charge in [0.25, 0.3) is 0 Å². The van der Waals surface area contributed by atoms with Crippen LogP contribution in [0.3, 0.4) is 0 Å². The zero-order chi connectivity index (χ0) is 8.55. The summed E-state index contributed by atoms with van der Waals surface area (Å²) in [5.41, 5.74) is 8.09. The lowest BCUT2D eigenvalue weighted by atomic mass is 9.93. The van der Waals surface area contributed by atoms with Crippen molar-refractivity contribution in [3.8, 4) is 0 Å². The second-order valence-corrected chi connectivity index (χ2v) is 3.15. The number of dihydropyridines is 1. The number of fused-ring (bicyclic) bond motifs is 1. The Kier molecular flexibility index (Phi) is 1.54. The molecule has 0 spiro atoms. The summed E-state index contributed by atoms with van der Waals surface area (Å²) in [6.45, 7) is 2.16. The van der Waals surface area contributed by atoms with E-state index in [9.17, 15) is 0 Å². The van der Waals surface area contributed by atoms with Crippen LogP contribution >= 0.6 is 0 Å². The molecule has 0 bridgehead atoms. The monoisotopic (exact) mass is 160 g/mol. The van der Waals surface area contributed by atoms with Crippen molar-refractivity contribution in [1.29, 1.82) is 0 Å². The molecule has 0 fully saturated rings. The average Bonchev–Trinajstić information content (AvgIpc) is 2.04. The molecule has 1 atom stereocenters. The van der Waals surface area contributed by atoms with Crippen LogP contribution in [0.4, 0.5) is 0 Å². The summed E-state index contributed by atoms with van der Waals surface area (Å²) in [5.74, 6) is 1.26. The summed E-state index contributed by atoms with van der Waals surface area (Å²) >= 11 is 0. The molecule has 62 valence electrons. The van der Waals surface area contributed by atoms with Crippen molar-refractivity contribution in [1.82, 2.24) is 5.32 Å². The number of hydrogen-bond donors (Lipinski definition) is 2. The molecule has 0 aromatic heterocycles. The molecule has 2 nitrogen and oxygen atoms in total. The fourth-order valence-corrected chi connectivity index (χ4v) is 1.46. The summed E-state index contributed by atoms with van der Waals surface area (Å²) in [4.78, 5) is 0. The molecule has 0 saturated carbocycles. The van der Waals surface area contributed by atoms with Crippen LogP contribution in [0.1, 0.15) is 6.92 Å². The van der Waals surface area contributed by atoms with E-state index in [4.69, 9.17) is 5.73 Å². The molecular weight excluding hydrogens is 148 g/mol. The van der Waals surface area contributed by atoms with E-state index in [-0.39, 0.29) is 0 Å². The van der Waals surface area contributed by atoms with Crippen molar-refractivity contribution in [3.05, 3.63) is 47.5 Å². The molecule has 2 heteroatoms. The van der Waals surface area contributed by atoms with Gasteiger partial charge in [0, 0.05) is 11.8 Å². The minimum absolute atomic E-state index is 0.513. The van der Waals surface area contributed by atoms with Crippen LogP contribution in [0, 0.1) is 5.92 Å². The van der Waals surface area contributed by atoms with Gasteiger partial charge in [-0.2, -0.15) is 0 Å². The van der Waals surface area contributed by atoms with Crippen molar-refractivity contribution >= 4 is 0 Å². The Balaban J connectivity index is 2.44. The quantitative estimate of drug-likeness (QED) is 0.562. The Bertz CT molecular complexity index is 319. The van der Waals surface area contributed by atoms with Gasteiger partial charge in [-0.15, -0.1) is 0 Å². The molecule has 1 aliphatic carbocycles. The van der Waals surface area contributed by atoms with Gasteiger partial charge in [-0.25, -0.2) is 0 Å². The summed E-state index contributed by atoms with van der Waals surface area (Å²) in [6, 6.07) is 0. The first-order valence-electron chi connectivity index (χ1n) is 4.10. The number of hydrogen-bond acceptors (Lipinski definition) is 2. The summed E-state index contributed by atoms with van der Waals surface area (Å²) in [7, 11) is 0. The Hall–Kier alpha value is -1.44. The Morgan fingerprint density at radius 1 is 1.42 bits per heavy atom. The van der Waals surface area contributed by atoms with Gasteiger partial charge in [-0.1, -0.05) is 25.2 Å². The fraction of sp³-hybridized carbons (Fsp3) is 0.200. The number of nitrogens with one attached hydrogen (secondary N) is 1. The zero-order valence-electron chi connectivity index (χ0n) is 7.04. The van der Waals surface area contributed by atoms with Gasteiger partial charge in [-0.05, 0) is 17.6 Å². The Morgan fingerprint density at radius 3 is 3.08 bits per heavy atom. The lowest BCUT2D eigenvalue weighted by Crippen LogP contribution is -2.21. The van der Waals surface area contributed by atoms with Crippen LogP contribution in [0.25, 0.3) is 0 Å². The van der Waals surface area contributed by atoms with Crippen molar-refractivity contribution in [3.63, 3.8) is 0 Å². The predicted molar refractivity (Wildman–Crippen MR) is 49.9 cm³/mol. The van der Waals surface area contributed by atoms with E-state index < -0.39 is 0 Å². The SMILES string of the molecule is CC1C=CC2=C(N)NC=CC2=C1. The lowest BCUT2D eigenvalue weighted by Gasteiger charge is -2.19. The molecule has 2 aliphatic rings. The van der Waals surface area contributed by atoms with Crippen molar-refractivity contribution in [2.75, 3.05) is 0 Å². The minimum Gasteiger partial charge on any atom is -0.385 e. The first kappa shape index (κ1) is 7.22. The molecule has 12 heavy (non-hydrogen) atoms. The highest BCUT2D eigenvalue weighted by molar-refractivity contribution is 5.53. The third-order valence-electron chi connectivity index (χ3n) is 2.11. The first-order chi connectivity index (χ1) is 5.77. The van der Waals surface area contributed by atoms with Crippen LogP contribution in [-0.2, 0) is 0 Å². The third kappa shape index (κ3) is 1.05. The summed E-state index contributed by atoms with van der Waals surface area (Å²) in [5, 5.41) is 2.98. The van der Waals surface area contributed by atoms with Crippen molar-refractivity contribution in [2.24, 2.45) is 11.7 Å². The van der Waals surface area contributed by atoms with Gasteiger partial charge < -0.3 is 11.1 Å². The topological polar surface area (TPSA) is 38.0 Å². The largest absolute Gasteiger partial charge is 0.385 e. The van der Waals surface area contributed by atoms with E-state index >= 15 is 0 Å². The van der Waals surface area contributed by atoms with Gasteiger partial charge in [0.15, 0.2) is 0 Å². The van der Waals surface area contributed by atoms with Gasteiger partial charge in [0.2, 0.25) is 0 Å². The van der Waals surface area contributed by atoms with Crippen LogP contribution in [0.5, 0.6) is 0 Å². The van der Waals surface area contributed by atoms with E-state index in [1.807, 2.05) is 12.3 Å². The number of allylic oxidation sites excluding steroid dienone is 6. The molecule has 1 heterocycles. The molecule has 3 N–H and O–H groups in total. The molecular formula is C10H12N2. The van der Waals surface area contributed by atoms with Crippen molar-refractivity contribution < 1.29 is 0 Å².